The fourth-order valence-electron chi connectivity index (χ4n) is 3.54. The van der Waals surface area contributed by atoms with E-state index in [4.69, 9.17) is 18.9 Å². The molecule has 0 radical (unpaired) electrons. The fourth-order valence-corrected chi connectivity index (χ4v) is 3.54. The van der Waals surface area contributed by atoms with Gasteiger partial charge in [-0.2, -0.15) is 0 Å². The van der Waals surface area contributed by atoms with Gasteiger partial charge in [0.25, 0.3) is 0 Å². The van der Waals surface area contributed by atoms with Crippen LogP contribution in [0.3, 0.4) is 0 Å². The third kappa shape index (κ3) is 1.40. The Labute approximate surface area is 116 Å². The van der Waals surface area contributed by atoms with Crippen LogP contribution >= 0.6 is 0 Å². The number of ether oxygens (including phenoxy) is 4. The molecule has 0 unspecified atom stereocenters. The molecule has 1 heterocycles. The van der Waals surface area contributed by atoms with Crippen molar-refractivity contribution in [1.29, 1.82) is 0 Å². The lowest BCUT2D eigenvalue weighted by atomic mass is 9.60. The highest BCUT2D eigenvalue weighted by molar-refractivity contribution is 6.03. The fraction of sp³-hybridized carbons (Fsp3) is 0.571. The van der Waals surface area contributed by atoms with Crippen molar-refractivity contribution in [3.8, 4) is 0 Å². The normalized spacial score (nSPS) is 36.4. The van der Waals surface area contributed by atoms with Crippen LogP contribution in [-0.2, 0) is 28.5 Å². The van der Waals surface area contributed by atoms with Crippen LogP contribution in [0.2, 0.25) is 0 Å². The van der Waals surface area contributed by atoms with Crippen molar-refractivity contribution in [2.45, 2.75) is 11.9 Å². The maximum Gasteiger partial charge on any atom is 0.334 e. The van der Waals surface area contributed by atoms with Gasteiger partial charge in [-0.3, -0.25) is 4.79 Å². The number of Topliss-reactive ketones (excluding diaryl/α,β-unsaturated/α-hetero) is 1. The Balaban J connectivity index is 2.13. The number of esters is 1. The number of carbonyl (C=O) groups excluding carboxylic acids is 2. The van der Waals surface area contributed by atoms with E-state index in [1.54, 1.807) is 12.3 Å². The quantitative estimate of drug-likeness (QED) is 0.551. The Hall–Kier alpha value is -1.66. The van der Waals surface area contributed by atoms with Gasteiger partial charge in [0.15, 0.2) is 0 Å². The highest BCUT2D eigenvalue weighted by Gasteiger charge is 2.66. The van der Waals surface area contributed by atoms with Gasteiger partial charge in [-0.05, 0) is 6.08 Å². The molecule has 3 aliphatic carbocycles. The molecule has 0 spiro atoms. The SMILES string of the molecule is COC(=O)C1=C[C@H]2[C@H]3OC=C[C@H]3[C@@H]1C(=O)C2(OC)OC. The van der Waals surface area contributed by atoms with Crippen LogP contribution in [0.5, 0.6) is 0 Å². The summed E-state index contributed by atoms with van der Waals surface area (Å²) in [6, 6.07) is 0. The maximum absolute atomic E-state index is 12.8. The van der Waals surface area contributed by atoms with Gasteiger partial charge in [0, 0.05) is 25.7 Å². The average Bonchev–Trinajstić information content (AvgIpc) is 2.97. The molecule has 6 heteroatoms. The van der Waals surface area contributed by atoms with Crippen LogP contribution in [0, 0.1) is 17.8 Å². The molecule has 0 aromatic heterocycles. The first-order chi connectivity index (χ1) is 9.60. The van der Waals surface area contributed by atoms with Gasteiger partial charge in [0.1, 0.15) is 6.10 Å². The second kappa shape index (κ2) is 4.43. The van der Waals surface area contributed by atoms with Gasteiger partial charge >= 0.3 is 5.97 Å². The number of ketones is 1. The molecule has 4 atom stereocenters. The smallest absolute Gasteiger partial charge is 0.334 e. The molecule has 0 aromatic rings. The summed E-state index contributed by atoms with van der Waals surface area (Å²) < 4.78 is 21.1. The van der Waals surface area contributed by atoms with Crippen molar-refractivity contribution in [3.05, 3.63) is 24.0 Å². The van der Waals surface area contributed by atoms with E-state index in [0.717, 1.165) is 0 Å². The molecule has 20 heavy (non-hydrogen) atoms. The summed E-state index contributed by atoms with van der Waals surface area (Å²) in [6.07, 6.45) is 4.81. The molecular weight excluding hydrogens is 264 g/mol. The van der Waals surface area contributed by atoms with Crippen molar-refractivity contribution in [1.82, 2.24) is 0 Å². The zero-order valence-corrected chi connectivity index (χ0v) is 11.5. The summed E-state index contributed by atoms with van der Waals surface area (Å²) in [4.78, 5) is 24.6. The topological polar surface area (TPSA) is 71.1 Å². The molecule has 1 fully saturated rings. The van der Waals surface area contributed by atoms with Crippen LogP contribution in [0.4, 0.5) is 0 Å². The number of fused-ring (bicyclic) bond motifs is 1. The zero-order chi connectivity index (χ0) is 14.5. The zero-order valence-electron chi connectivity index (χ0n) is 11.5. The first-order valence-corrected chi connectivity index (χ1v) is 6.37. The highest BCUT2D eigenvalue weighted by Crippen LogP contribution is 2.52. The van der Waals surface area contributed by atoms with Crippen molar-refractivity contribution in [2.24, 2.45) is 17.8 Å². The van der Waals surface area contributed by atoms with Crippen LogP contribution in [0.15, 0.2) is 24.0 Å². The standard InChI is InChI=1S/C14H16O6/c1-17-13(16)8-6-9-11-7(4-5-20-11)10(8)12(15)14(9,18-2)19-3/h4-7,9-11H,1-3H3/t7-,9-,10-,11-/m0/s1. The summed E-state index contributed by atoms with van der Waals surface area (Å²) in [5.41, 5.74) is 0.364. The van der Waals surface area contributed by atoms with E-state index in [1.165, 1.54) is 21.3 Å². The van der Waals surface area contributed by atoms with Gasteiger partial charge in [-0.25, -0.2) is 4.79 Å². The number of methoxy groups -OCH3 is 3. The summed E-state index contributed by atoms with van der Waals surface area (Å²) >= 11 is 0. The minimum atomic E-state index is -1.39. The number of hydrogen-bond acceptors (Lipinski definition) is 6. The van der Waals surface area contributed by atoms with Crippen LogP contribution in [0.25, 0.3) is 0 Å². The predicted octanol–water partition coefficient (Wildman–Crippen LogP) is 0.432. The monoisotopic (exact) mass is 280 g/mol. The maximum atomic E-state index is 12.8. The summed E-state index contributed by atoms with van der Waals surface area (Å²) in [6.45, 7) is 0. The van der Waals surface area contributed by atoms with E-state index in [2.05, 4.69) is 0 Å². The Morgan fingerprint density at radius 1 is 1.30 bits per heavy atom. The predicted molar refractivity (Wildman–Crippen MR) is 66.3 cm³/mol. The molecule has 1 aliphatic heterocycles. The van der Waals surface area contributed by atoms with E-state index in [-0.39, 0.29) is 17.8 Å². The molecule has 0 aromatic carbocycles. The largest absolute Gasteiger partial charge is 0.497 e. The molecular formula is C14H16O6. The second-order valence-corrected chi connectivity index (χ2v) is 5.06. The van der Waals surface area contributed by atoms with Crippen LogP contribution < -0.4 is 0 Å². The lowest BCUT2D eigenvalue weighted by Crippen LogP contribution is -2.65. The molecule has 4 rings (SSSR count). The van der Waals surface area contributed by atoms with Gasteiger partial charge in [-0.15, -0.1) is 0 Å². The number of hydrogen-bond donors (Lipinski definition) is 0. The summed E-state index contributed by atoms with van der Waals surface area (Å²) in [7, 11) is 4.14. The highest BCUT2D eigenvalue weighted by atomic mass is 16.7. The molecule has 0 amide bonds. The van der Waals surface area contributed by atoms with E-state index in [9.17, 15) is 9.59 Å². The van der Waals surface area contributed by atoms with E-state index in [1.807, 2.05) is 6.08 Å². The first-order valence-electron chi connectivity index (χ1n) is 6.37. The van der Waals surface area contributed by atoms with Crippen molar-refractivity contribution in [3.63, 3.8) is 0 Å². The number of rotatable bonds is 3. The third-order valence-electron chi connectivity index (χ3n) is 4.44. The van der Waals surface area contributed by atoms with E-state index >= 15 is 0 Å². The van der Waals surface area contributed by atoms with Crippen LogP contribution in [-0.4, -0.2) is 45.0 Å². The van der Waals surface area contributed by atoms with Gasteiger partial charge < -0.3 is 18.9 Å². The molecule has 4 aliphatic rings. The van der Waals surface area contributed by atoms with Gasteiger partial charge in [-0.1, -0.05) is 6.08 Å². The molecule has 0 N–H and O–H groups in total. The summed E-state index contributed by atoms with van der Waals surface area (Å²) in [5, 5.41) is 0. The molecule has 1 saturated carbocycles. The van der Waals surface area contributed by atoms with Crippen molar-refractivity contribution >= 4 is 11.8 Å². The Bertz CT molecular complexity index is 516. The van der Waals surface area contributed by atoms with E-state index in [0.29, 0.717) is 5.57 Å². The Kier molecular flexibility index (Phi) is 2.95. The Morgan fingerprint density at radius 3 is 2.60 bits per heavy atom. The lowest BCUT2D eigenvalue weighted by molar-refractivity contribution is -0.253. The lowest BCUT2D eigenvalue weighted by Gasteiger charge is -2.50. The Morgan fingerprint density at radius 2 is 2.00 bits per heavy atom. The minimum absolute atomic E-state index is 0.176. The van der Waals surface area contributed by atoms with Crippen LogP contribution in [0.1, 0.15) is 0 Å². The summed E-state index contributed by atoms with van der Waals surface area (Å²) in [5.74, 6) is -3.46. The number of carbonyl (C=O) groups is 2. The first kappa shape index (κ1) is 13.3. The van der Waals surface area contributed by atoms with Gasteiger partial charge in [0.2, 0.25) is 11.6 Å². The van der Waals surface area contributed by atoms with Crippen molar-refractivity contribution in [2.75, 3.05) is 21.3 Å². The average molecular weight is 280 g/mol. The molecule has 0 saturated heterocycles. The van der Waals surface area contributed by atoms with Crippen molar-refractivity contribution < 1.29 is 28.5 Å². The molecule has 108 valence electrons. The van der Waals surface area contributed by atoms with Gasteiger partial charge in [0.05, 0.1) is 25.2 Å². The minimum Gasteiger partial charge on any atom is -0.497 e. The molecule has 2 bridgehead atoms. The van der Waals surface area contributed by atoms with E-state index < -0.39 is 23.6 Å². The molecule has 6 nitrogen and oxygen atoms in total. The second-order valence-electron chi connectivity index (χ2n) is 5.06. The third-order valence-corrected chi connectivity index (χ3v) is 4.44.